The largest absolute Gasteiger partial charge is 0.444 e. The lowest BCUT2D eigenvalue weighted by Crippen LogP contribution is -2.48. The lowest BCUT2D eigenvalue weighted by Gasteiger charge is -2.36. The standard InChI is InChI=1S/C15H22F3N5O5S/c1-10(28-13(19)24)9-27-23(29(2,25)26)12-3-5-22(6-4-12)14-20-7-11(8-21-14)15(16,17)18/h7-8,10,12H,3-6,9H2,1-2H3,(H2,19,24)/t10-/m0/s1. The first-order valence-corrected chi connectivity index (χ1v) is 10.5. The number of rotatable bonds is 7. The molecule has 10 nitrogen and oxygen atoms in total. The lowest BCUT2D eigenvalue weighted by molar-refractivity contribution is -0.138. The van der Waals surface area contributed by atoms with Crippen LogP contribution >= 0.6 is 0 Å². The minimum Gasteiger partial charge on any atom is -0.444 e. The summed E-state index contributed by atoms with van der Waals surface area (Å²) in [5.74, 6) is 0.131. The molecule has 14 heteroatoms. The van der Waals surface area contributed by atoms with Crippen molar-refractivity contribution in [1.29, 1.82) is 0 Å². The van der Waals surface area contributed by atoms with Gasteiger partial charge in [0, 0.05) is 25.5 Å². The van der Waals surface area contributed by atoms with Gasteiger partial charge in [-0.3, -0.25) is 4.84 Å². The van der Waals surface area contributed by atoms with E-state index in [2.05, 4.69) is 9.97 Å². The van der Waals surface area contributed by atoms with Crippen molar-refractivity contribution in [3.8, 4) is 0 Å². The number of ether oxygens (including phenoxy) is 1. The van der Waals surface area contributed by atoms with Gasteiger partial charge in [-0.2, -0.15) is 13.2 Å². The Labute approximate surface area is 165 Å². The van der Waals surface area contributed by atoms with Crippen molar-refractivity contribution in [3.63, 3.8) is 0 Å². The van der Waals surface area contributed by atoms with Crippen molar-refractivity contribution in [2.75, 3.05) is 30.9 Å². The summed E-state index contributed by atoms with van der Waals surface area (Å²) in [5.41, 5.74) is 3.96. The molecule has 1 aliphatic rings. The van der Waals surface area contributed by atoms with Gasteiger partial charge in [0.05, 0.1) is 17.9 Å². The predicted octanol–water partition coefficient (Wildman–Crippen LogP) is 1.14. The summed E-state index contributed by atoms with van der Waals surface area (Å²) in [6, 6.07) is -0.503. The van der Waals surface area contributed by atoms with E-state index in [1.54, 1.807) is 4.90 Å². The highest BCUT2D eigenvalue weighted by Gasteiger charge is 2.34. The van der Waals surface area contributed by atoms with E-state index in [1.165, 1.54) is 6.92 Å². The van der Waals surface area contributed by atoms with Gasteiger partial charge in [0.25, 0.3) is 0 Å². The fraction of sp³-hybridized carbons (Fsp3) is 0.667. The molecule has 1 aromatic heterocycles. The van der Waals surface area contributed by atoms with Crippen LogP contribution in [0, 0.1) is 0 Å². The molecule has 1 aliphatic heterocycles. The highest BCUT2D eigenvalue weighted by Crippen LogP contribution is 2.29. The SMILES string of the molecule is C[C@@H](CON(C1CCN(c2ncc(C(F)(F)F)cn2)CC1)S(C)(=O)=O)OC(N)=O. The highest BCUT2D eigenvalue weighted by atomic mass is 32.2. The Morgan fingerprint density at radius 3 is 2.34 bits per heavy atom. The number of carbonyl (C=O) groups is 1. The molecule has 2 rings (SSSR count). The van der Waals surface area contributed by atoms with Crippen molar-refractivity contribution in [2.24, 2.45) is 5.73 Å². The first-order valence-electron chi connectivity index (χ1n) is 8.60. The smallest absolute Gasteiger partial charge is 0.419 e. The number of nitrogens with two attached hydrogens (primary N) is 1. The van der Waals surface area contributed by atoms with Crippen molar-refractivity contribution in [2.45, 2.75) is 38.1 Å². The molecule has 1 saturated heterocycles. The van der Waals surface area contributed by atoms with E-state index in [-0.39, 0.29) is 12.6 Å². The van der Waals surface area contributed by atoms with Gasteiger partial charge in [-0.1, -0.05) is 4.47 Å². The van der Waals surface area contributed by atoms with E-state index < -0.39 is 40.0 Å². The van der Waals surface area contributed by atoms with Crippen LogP contribution in [0.15, 0.2) is 12.4 Å². The van der Waals surface area contributed by atoms with E-state index in [4.69, 9.17) is 15.3 Å². The number of amides is 1. The molecule has 1 fully saturated rings. The maximum absolute atomic E-state index is 12.6. The first kappa shape index (κ1) is 23.1. The van der Waals surface area contributed by atoms with Gasteiger partial charge in [0.15, 0.2) is 0 Å². The Morgan fingerprint density at radius 1 is 1.34 bits per heavy atom. The number of aromatic nitrogens is 2. The molecule has 2 heterocycles. The Bertz CT molecular complexity index is 798. The van der Waals surface area contributed by atoms with Gasteiger partial charge >= 0.3 is 12.3 Å². The summed E-state index contributed by atoms with van der Waals surface area (Å²) in [5, 5.41) is 0. The van der Waals surface area contributed by atoms with Gasteiger partial charge in [0.2, 0.25) is 16.0 Å². The van der Waals surface area contributed by atoms with Crippen molar-refractivity contribution < 1.29 is 36.0 Å². The molecular formula is C15H22F3N5O5S. The normalized spacial score (nSPS) is 17.4. The molecule has 0 bridgehead atoms. The molecule has 0 unspecified atom stereocenters. The lowest BCUT2D eigenvalue weighted by atomic mass is 10.1. The van der Waals surface area contributed by atoms with Crippen LogP contribution in [0.25, 0.3) is 0 Å². The van der Waals surface area contributed by atoms with E-state index in [0.717, 1.165) is 10.7 Å². The number of anilines is 1. The third-order valence-electron chi connectivity index (χ3n) is 4.09. The van der Waals surface area contributed by atoms with Crippen LogP contribution in [-0.2, 0) is 25.8 Å². The Balaban J connectivity index is 1.98. The number of sulfonamides is 1. The van der Waals surface area contributed by atoms with Gasteiger partial charge in [0.1, 0.15) is 12.7 Å². The van der Waals surface area contributed by atoms with Crippen LogP contribution in [-0.4, -0.2) is 67.0 Å². The molecule has 1 aromatic rings. The zero-order chi connectivity index (χ0) is 21.8. The molecule has 164 valence electrons. The Hall–Kier alpha value is -2.19. The van der Waals surface area contributed by atoms with Crippen molar-refractivity contribution in [3.05, 3.63) is 18.0 Å². The van der Waals surface area contributed by atoms with E-state index in [0.29, 0.717) is 38.3 Å². The second-order valence-corrected chi connectivity index (χ2v) is 8.38. The Morgan fingerprint density at radius 2 is 1.90 bits per heavy atom. The van der Waals surface area contributed by atoms with Gasteiger partial charge in [-0.05, 0) is 19.8 Å². The number of halogens is 3. The highest BCUT2D eigenvalue weighted by molar-refractivity contribution is 7.88. The zero-order valence-electron chi connectivity index (χ0n) is 15.8. The zero-order valence-corrected chi connectivity index (χ0v) is 16.6. The molecule has 29 heavy (non-hydrogen) atoms. The number of alkyl halides is 3. The number of carbonyl (C=O) groups excluding carboxylic acids is 1. The van der Waals surface area contributed by atoms with Crippen LogP contribution in [0.2, 0.25) is 0 Å². The van der Waals surface area contributed by atoms with Gasteiger partial charge in [-0.15, -0.1) is 0 Å². The maximum Gasteiger partial charge on any atom is 0.419 e. The third-order valence-corrected chi connectivity index (χ3v) is 5.15. The summed E-state index contributed by atoms with van der Waals surface area (Å²) in [6.07, 6.45) is -3.20. The Kier molecular flexibility index (Phi) is 7.24. The third kappa shape index (κ3) is 6.68. The molecule has 0 aromatic carbocycles. The molecule has 0 spiro atoms. The van der Waals surface area contributed by atoms with Gasteiger partial charge in [-0.25, -0.2) is 23.2 Å². The summed E-state index contributed by atoms with van der Waals surface area (Å²) in [6.45, 7) is 1.92. The predicted molar refractivity (Wildman–Crippen MR) is 95.0 cm³/mol. The molecule has 0 aliphatic carbocycles. The van der Waals surface area contributed by atoms with Crippen LogP contribution in [0.4, 0.5) is 23.9 Å². The number of piperidine rings is 1. The minimum absolute atomic E-state index is 0.131. The van der Waals surface area contributed by atoms with Crippen LogP contribution in [0.5, 0.6) is 0 Å². The van der Waals surface area contributed by atoms with Crippen molar-refractivity contribution >= 4 is 22.1 Å². The van der Waals surface area contributed by atoms with E-state index in [9.17, 15) is 26.4 Å². The first-order chi connectivity index (χ1) is 13.4. The quantitative estimate of drug-likeness (QED) is 0.624. The fourth-order valence-corrected chi connectivity index (χ4v) is 3.79. The molecule has 0 radical (unpaired) electrons. The molecule has 1 amide bonds. The topological polar surface area (TPSA) is 128 Å². The average Bonchev–Trinajstić information content (AvgIpc) is 2.60. The average molecular weight is 441 g/mol. The molecule has 1 atom stereocenters. The number of primary amides is 1. The van der Waals surface area contributed by atoms with Crippen LogP contribution < -0.4 is 10.6 Å². The second-order valence-electron chi connectivity index (χ2n) is 6.55. The maximum atomic E-state index is 12.6. The monoisotopic (exact) mass is 441 g/mol. The summed E-state index contributed by atoms with van der Waals surface area (Å²) < 4.78 is 67.5. The van der Waals surface area contributed by atoms with Crippen molar-refractivity contribution in [1.82, 2.24) is 14.4 Å². The number of hydrogen-bond donors (Lipinski definition) is 1. The summed E-state index contributed by atoms with van der Waals surface area (Å²) in [7, 11) is -3.73. The fourth-order valence-electron chi connectivity index (χ4n) is 2.79. The van der Waals surface area contributed by atoms with E-state index >= 15 is 0 Å². The number of hydroxylamine groups is 1. The molecule has 2 N–H and O–H groups in total. The number of hydrogen-bond acceptors (Lipinski definition) is 8. The molecule has 0 saturated carbocycles. The molecular weight excluding hydrogens is 419 g/mol. The summed E-state index contributed by atoms with van der Waals surface area (Å²) >= 11 is 0. The second kappa shape index (κ2) is 9.09. The number of nitrogens with zero attached hydrogens (tertiary/aromatic N) is 4. The van der Waals surface area contributed by atoms with Crippen LogP contribution in [0.3, 0.4) is 0 Å². The minimum atomic E-state index is -4.52. The van der Waals surface area contributed by atoms with Gasteiger partial charge < -0.3 is 15.4 Å². The van der Waals surface area contributed by atoms with E-state index in [1.807, 2.05) is 0 Å². The summed E-state index contributed by atoms with van der Waals surface area (Å²) in [4.78, 5) is 25.2. The van der Waals surface area contributed by atoms with Crippen LogP contribution in [0.1, 0.15) is 25.3 Å².